The van der Waals surface area contributed by atoms with Gasteiger partial charge in [0.05, 0.1) is 13.2 Å². The average molecular weight is 324 g/mol. The number of carbonyl (C=O) groups excluding carboxylic acids is 2. The lowest BCUT2D eigenvalue weighted by Crippen LogP contribution is -2.43. The summed E-state index contributed by atoms with van der Waals surface area (Å²) in [5.74, 6) is 1.17. The molecule has 0 radical (unpaired) electrons. The molecule has 0 spiro atoms. The lowest BCUT2D eigenvalue weighted by atomic mass is 9.96. The van der Waals surface area contributed by atoms with Crippen molar-refractivity contribution < 1.29 is 18.8 Å². The average Bonchev–Trinajstić information content (AvgIpc) is 2.94. The van der Waals surface area contributed by atoms with E-state index >= 15 is 0 Å². The van der Waals surface area contributed by atoms with Crippen LogP contribution in [0.3, 0.4) is 0 Å². The maximum Gasteiger partial charge on any atom is 0.325 e. The zero-order chi connectivity index (χ0) is 16.8. The molecule has 0 N–H and O–H groups in total. The molecule has 0 unspecified atom stereocenters. The van der Waals surface area contributed by atoms with Crippen LogP contribution in [-0.2, 0) is 14.3 Å². The molecule has 2 heterocycles. The predicted molar refractivity (Wildman–Crippen MR) is 81.7 cm³/mol. The summed E-state index contributed by atoms with van der Waals surface area (Å²) in [7, 11) is 1.62. The van der Waals surface area contributed by atoms with E-state index in [0.29, 0.717) is 19.0 Å². The molecule has 1 aliphatic rings. The van der Waals surface area contributed by atoms with Gasteiger partial charge in [-0.1, -0.05) is 5.16 Å². The highest BCUT2D eigenvalue weighted by Crippen LogP contribution is 2.25. The summed E-state index contributed by atoms with van der Waals surface area (Å²) in [5, 5.41) is 3.97. The Kier molecular flexibility index (Phi) is 6.09. The number of piperidine rings is 1. The van der Waals surface area contributed by atoms with Crippen molar-refractivity contribution in [2.75, 3.05) is 39.8 Å². The van der Waals surface area contributed by atoms with Crippen LogP contribution in [-0.4, -0.2) is 71.7 Å². The number of hydrogen-bond donors (Lipinski definition) is 0. The Labute approximate surface area is 135 Å². The van der Waals surface area contributed by atoms with Crippen molar-refractivity contribution in [2.24, 2.45) is 0 Å². The van der Waals surface area contributed by atoms with Crippen LogP contribution in [0.1, 0.15) is 37.4 Å². The van der Waals surface area contributed by atoms with Gasteiger partial charge in [0.15, 0.2) is 5.82 Å². The van der Waals surface area contributed by atoms with Crippen molar-refractivity contribution >= 4 is 11.9 Å². The van der Waals surface area contributed by atoms with Gasteiger partial charge in [-0.15, -0.1) is 0 Å². The zero-order valence-corrected chi connectivity index (χ0v) is 13.9. The number of carbonyl (C=O) groups is 2. The van der Waals surface area contributed by atoms with Crippen LogP contribution >= 0.6 is 0 Å². The molecule has 0 bridgehead atoms. The lowest BCUT2D eigenvalue weighted by molar-refractivity contribution is -0.148. The lowest BCUT2D eigenvalue weighted by Gasteiger charge is -2.31. The van der Waals surface area contributed by atoms with E-state index in [4.69, 9.17) is 9.26 Å². The molecule has 0 aromatic carbocycles. The largest absolute Gasteiger partial charge is 0.465 e. The van der Waals surface area contributed by atoms with Gasteiger partial charge in [-0.2, -0.15) is 4.98 Å². The van der Waals surface area contributed by atoms with Crippen LogP contribution in [0.4, 0.5) is 0 Å². The third-order valence-corrected chi connectivity index (χ3v) is 3.95. The van der Waals surface area contributed by atoms with Crippen molar-refractivity contribution in [3.63, 3.8) is 0 Å². The molecule has 0 atom stereocenters. The van der Waals surface area contributed by atoms with Crippen LogP contribution < -0.4 is 0 Å². The monoisotopic (exact) mass is 324 g/mol. The minimum atomic E-state index is -0.380. The second-order valence-electron chi connectivity index (χ2n) is 5.78. The maximum absolute atomic E-state index is 12.1. The fourth-order valence-electron chi connectivity index (χ4n) is 2.63. The third kappa shape index (κ3) is 5.02. The van der Waals surface area contributed by atoms with Gasteiger partial charge >= 0.3 is 5.97 Å². The molecule has 128 valence electrons. The number of nitrogens with zero attached hydrogens (tertiary/aromatic N) is 4. The fraction of sp³-hybridized carbons (Fsp3) is 0.733. The Hall–Kier alpha value is -1.96. The van der Waals surface area contributed by atoms with E-state index < -0.39 is 0 Å². The molecular formula is C15H24N4O4. The first kappa shape index (κ1) is 17.4. The minimum Gasteiger partial charge on any atom is -0.465 e. The van der Waals surface area contributed by atoms with Crippen molar-refractivity contribution in [3.05, 3.63) is 11.7 Å². The summed E-state index contributed by atoms with van der Waals surface area (Å²) in [4.78, 5) is 31.3. The SMILES string of the molecule is CCOC(=O)CN(C)C(=O)CN1CCC(c2noc(C)n2)CC1. The Morgan fingerprint density at radius 2 is 2.09 bits per heavy atom. The van der Waals surface area contributed by atoms with Crippen LogP contribution in [0.2, 0.25) is 0 Å². The van der Waals surface area contributed by atoms with E-state index in [1.165, 1.54) is 4.90 Å². The van der Waals surface area contributed by atoms with Crippen LogP contribution in [0.15, 0.2) is 4.52 Å². The zero-order valence-electron chi connectivity index (χ0n) is 13.9. The van der Waals surface area contributed by atoms with E-state index in [0.717, 1.165) is 31.8 Å². The van der Waals surface area contributed by atoms with Gasteiger partial charge in [0.25, 0.3) is 0 Å². The first-order chi connectivity index (χ1) is 11.0. The van der Waals surface area contributed by atoms with Gasteiger partial charge in [-0.25, -0.2) is 0 Å². The second-order valence-corrected chi connectivity index (χ2v) is 5.78. The maximum atomic E-state index is 12.1. The Balaban J connectivity index is 1.75. The highest BCUT2D eigenvalue weighted by molar-refractivity contribution is 5.83. The van der Waals surface area contributed by atoms with Crippen LogP contribution in [0.25, 0.3) is 0 Å². The Morgan fingerprint density at radius 1 is 1.39 bits per heavy atom. The predicted octanol–water partition coefficient (Wildman–Crippen LogP) is 0.579. The van der Waals surface area contributed by atoms with Gasteiger partial charge < -0.3 is 14.2 Å². The van der Waals surface area contributed by atoms with Crippen LogP contribution in [0.5, 0.6) is 0 Å². The quantitative estimate of drug-likeness (QED) is 0.707. The molecule has 8 nitrogen and oxygen atoms in total. The van der Waals surface area contributed by atoms with Crippen LogP contribution in [0, 0.1) is 6.92 Å². The Morgan fingerprint density at radius 3 is 2.65 bits per heavy atom. The summed E-state index contributed by atoms with van der Waals surface area (Å²) in [5.41, 5.74) is 0. The summed E-state index contributed by atoms with van der Waals surface area (Å²) < 4.78 is 9.87. The van der Waals surface area contributed by atoms with E-state index in [9.17, 15) is 9.59 Å². The van der Waals surface area contributed by atoms with E-state index in [1.54, 1.807) is 20.9 Å². The highest BCUT2D eigenvalue weighted by atomic mass is 16.5. The standard InChI is InChI=1S/C15H24N4O4/c1-4-22-14(21)10-18(3)13(20)9-19-7-5-12(6-8-19)15-16-11(2)23-17-15/h12H,4-10H2,1-3H3. The van der Waals surface area contributed by atoms with Gasteiger partial charge in [0, 0.05) is 19.9 Å². The summed E-state index contributed by atoms with van der Waals surface area (Å²) >= 11 is 0. The first-order valence-corrected chi connectivity index (χ1v) is 7.91. The molecule has 1 amide bonds. The van der Waals surface area contributed by atoms with Gasteiger partial charge in [-0.05, 0) is 32.9 Å². The molecule has 1 aliphatic heterocycles. The van der Waals surface area contributed by atoms with Gasteiger partial charge in [0.2, 0.25) is 11.8 Å². The topological polar surface area (TPSA) is 88.8 Å². The summed E-state index contributed by atoms with van der Waals surface area (Å²) in [6.07, 6.45) is 1.79. The summed E-state index contributed by atoms with van der Waals surface area (Å²) in [6.45, 7) is 5.76. The van der Waals surface area contributed by atoms with Crippen molar-refractivity contribution in [2.45, 2.75) is 32.6 Å². The molecule has 1 fully saturated rings. The number of aromatic nitrogens is 2. The molecule has 8 heteroatoms. The van der Waals surface area contributed by atoms with Crippen molar-refractivity contribution in [1.29, 1.82) is 0 Å². The number of esters is 1. The number of amides is 1. The molecule has 2 rings (SSSR count). The first-order valence-electron chi connectivity index (χ1n) is 7.91. The number of likely N-dealkylation sites (tertiary alicyclic amines) is 1. The third-order valence-electron chi connectivity index (χ3n) is 3.95. The smallest absolute Gasteiger partial charge is 0.325 e. The number of likely N-dealkylation sites (N-methyl/N-ethyl adjacent to an activating group) is 1. The van der Waals surface area contributed by atoms with E-state index in [-0.39, 0.29) is 24.3 Å². The Bertz CT molecular complexity index is 537. The van der Waals surface area contributed by atoms with E-state index in [1.807, 2.05) is 0 Å². The molecule has 1 saturated heterocycles. The molecule has 1 aromatic heterocycles. The number of ether oxygens (including phenoxy) is 1. The number of rotatable bonds is 6. The summed E-state index contributed by atoms with van der Waals surface area (Å²) in [6, 6.07) is 0. The fourth-order valence-corrected chi connectivity index (χ4v) is 2.63. The minimum absolute atomic E-state index is 0.00866. The number of aryl methyl sites for hydroxylation is 1. The van der Waals surface area contributed by atoms with E-state index in [2.05, 4.69) is 15.0 Å². The molecule has 0 saturated carbocycles. The normalized spacial score (nSPS) is 16.3. The highest BCUT2D eigenvalue weighted by Gasteiger charge is 2.26. The molecule has 0 aliphatic carbocycles. The van der Waals surface area contributed by atoms with Crippen molar-refractivity contribution in [1.82, 2.24) is 19.9 Å². The molecular weight excluding hydrogens is 300 g/mol. The molecule has 1 aromatic rings. The van der Waals surface area contributed by atoms with Gasteiger partial charge in [-0.3, -0.25) is 14.5 Å². The van der Waals surface area contributed by atoms with Gasteiger partial charge in [0.1, 0.15) is 6.54 Å². The molecule has 23 heavy (non-hydrogen) atoms. The second kappa shape index (κ2) is 8.05. The van der Waals surface area contributed by atoms with Crippen molar-refractivity contribution in [3.8, 4) is 0 Å². The number of hydrogen-bond acceptors (Lipinski definition) is 7.